The first-order valence-corrected chi connectivity index (χ1v) is 5.13. The van der Waals surface area contributed by atoms with Crippen LogP contribution in [0, 0.1) is 0 Å². The molecule has 0 atom stereocenters. The number of amides is 1. The van der Waals surface area contributed by atoms with Gasteiger partial charge in [-0.1, -0.05) is 0 Å². The summed E-state index contributed by atoms with van der Waals surface area (Å²) in [6.07, 6.45) is 2.24. The Balaban J connectivity index is 1.76. The Morgan fingerprint density at radius 1 is 1.33 bits per heavy atom. The van der Waals surface area contributed by atoms with Crippen molar-refractivity contribution in [3.8, 4) is 0 Å². The lowest BCUT2D eigenvalue weighted by Crippen LogP contribution is -2.31. The summed E-state index contributed by atoms with van der Waals surface area (Å²) < 4.78 is 0. The molecule has 1 saturated carbocycles. The van der Waals surface area contributed by atoms with Gasteiger partial charge in [0.05, 0.1) is 6.54 Å². The first-order chi connectivity index (χ1) is 7.24. The van der Waals surface area contributed by atoms with Crippen LogP contribution in [-0.2, 0) is 4.79 Å². The Kier molecular flexibility index (Phi) is 2.76. The summed E-state index contributed by atoms with van der Waals surface area (Å²) in [5.74, 6) is 0.0503. The summed E-state index contributed by atoms with van der Waals surface area (Å²) >= 11 is 0. The fraction of sp³-hybridized carbons (Fsp3) is 0.364. The summed E-state index contributed by atoms with van der Waals surface area (Å²) in [7, 11) is 0. The molecule has 80 valence electrons. The minimum atomic E-state index is 0.0503. The van der Waals surface area contributed by atoms with Crippen molar-refractivity contribution in [2.45, 2.75) is 18.9 Å². The lowest BCUT2D eigenvalue weighted by Gasteiger charge is -2.06. The topological polar surface area (TPSA) is 67.1 Å². The van der Waals surface area contributed by atoms with E-state index in [0.717, 1.165) is 24.2 Å². The van der Waals surface area contributed by atoms with Crippen LogP contribution in [0.4, 0.5) is 11.4 Å². The van der Waals surface area contributed by atoms with Crippen molar-refractivity contribution in [3.63, 3.8) is 0 Å². The molecule has 0 heterocycles. The lowest BCUT2D eigenvalue weighted by molar-refractivity contribution is -0.119. The molecule has 0 bridgehead atoms. The predicted molar refractivity (Wildman–Crippen MR) is 60.5 cm³/mol. The van der Waals surface area contributed by atoms with E-state index in [2.05, 4.69) is 10.6 Å². The maximum absolute atomic E-state index is 11.3. The molecule has 0 unspecified atom stereocenters. The van der Waals surface area contributed by atoms with Crippen molar-refractivity contribution >= 4 is 17.3 Å². The Bertz CT molecular complexity index is 343. The fourth-order valence-corrected chi connectivity index (χ4v) is 1.29. The van der Waals surface area contributed by atoms with Gasteiger partial charge in [0.15, 0.2) is 0 Å². The Labute approximate surface area is 88.9 Å². The number of benzene rings is 1. The number of carbonyl (C=O) groups excluding carboxylic acids is 1. The zero-order chi connectivity index (χ0) is 10.7. The van der Waals surface area contributed by atoms with Crippen LogP contribution in [0.1, 0.15) is 12.8 Å². The van der Waals surface area contributed by atoms with E-state index in [1.807, 2.05) is 12.1 Å². The number of nitrogens with two attached hydrogens (primary N) is 1. The van der Waals surface area contributed by atoms with E-state index in [-0.39, 0.29) is 5.91 Å². The van der Waals surface area contributed by atoms with Gasteiger partial charge >= 0.3 is 0 Å². The minimum absolute atomic E-state index is 0.0503. The molecule has 4 heteroatoms. The van der Waals surface area contributed by atoms with Crippen molar-refractivity contribution in [1.29, 1.82) is 0 Å². The second-order valence-electron chi connectivity index (χ2n) is 3.82. The molecule has 1 amide bonds. The van der Waals surface area contributed by atoms with Crippen LogP contribution in [0.2, 0.25) is 0 Å². The molecule has 0 aromatic heterocycles. The van der Waals surface area contributed by atoms with Crippen LogP contribution < -0.4 is 16.4 Å². The van der Waals surface area contributed by atoms with Crippen molar-refractivity contribution in [2.24, 2.45) is 0 Å². The van der Waals surface area contributed by atoms with Gasteiger partial charge in [0.25, 0.3) is 0 Å². The normalized spacial score (nSPS) is 14.7. The monoisotopic (exact) mass is 205 g/mol. The summed E-state index contributed by atoms with van der Waals surface area (Å²) in [4.78, 5) is 11.3. The molecule has 0 aliphatic heterocycles. The number of hydrogen-bond donors (Lipinski definition) is 3. The molecule has 4 N–H and O–H groups in total. The highest BCUT2D eigenvalue weighted by Crippen LogP contribution is 2.18. The average molecular weight is 205 g/mol. The summed E-state index contributed by atoms with van der Waals surface area (Å²) in [5.41, 5.74) is 7.19. The highest BCUT2D eigenvalue weighted by atomic mass is 16.2. The number of carbonyl (C=O) groups is 1. The van der Waals surface area contributed by atoms with Crippen LogP contribution in [0.3, 0.4) is 0 Å². The zero-order valence-electron chi connectivity index (χ0n) is 8.49. The Hall–Kier alpha value is -1.71. The fourth-order valence-electron chi connectivity index (χ4n) is 1.29. The second-order valence-corrected chi connectivity index (χ2v) is 3.82. The van der Waals surface area contributed by atoms with Crippen molar-refractivity contribution in [2.75, 3.05) is 17.6 Å². The van der Waals surface area contributed by atoms with Gasteiger partial charge in [-0.05, 0) is 37.1 Å². The number of hydrogen-bond acceptors (Lipinski definition) is 3. The van der Waals surface area contributed by atoms with Gasteiger partial charge in [-0.3, -0.25) is 4.79 Å². The lowest BCUT2D eigenvalue weighted by atomic mass is 10.3. The molecule has 1 aliphatic carbocycles. The number of nitrogen functional groups attached to an aromatic ring is 1. The Morgan fingerprint density at radius 3 is 2.60 bits per heavy atom. The molecule has 0 spiro atoms. The molecule has 0 radical (unpaired) electrons. The van der Waals surface area contributed by atoms with Crippen LogP contribution >= 0.6 is 0 Å². The SMILES string of the molecule is Nc1ccc(NCC(=O)NC2CC2)cc1. The largest absolute Gasteiger partial charge is 0.399 e. The molecule has 1 aliphatic rings. The molecule has 2 rings (SSSR count). The molecule has 1 aromatic rings. The maximum Gasteiger partial charge on any atom is 0.239 e. The molecule has 0 saturated heterocycles. The maximum atomic E-state index is 11.3. The number of anilines is 2. The first-order valence-electron chi connectivity index (χ1n) is 5.13. The zero-order valence-corrected chi connectivity index (χ0v) is 8.49. The molecule has 1 aromatic carbocycles. The van der Waals surface area contributed by atoms with Gasteiger partial charge in [-0.15, -0.1) is 0 Å². The molecular formula is C11H15N3O. The number of nitrogens with one attached hydrogen (secondary N) is 2. The van der Waals surface area contributed by atoms with E-state index in [9.17, 15) is 4.79 Å². The van der Waals surface area contributed by atoms with Crippen LogP contribution in [0.15, 0.2) is 24.3 Å². The van der Waals surface area contributed by atoms with Gasteiger partial charge in [-0.25, -0.2) is 0 Å². The summed E-state index contributed by atoms with van der Waals surface area (Å²) in [6.45, 7) is 0.320. The minimum Gasteiger partial charge on any atom is -0.399 e. The van der Waals surface area contributed by atoms with Crippen molar-refractivity contribution < 1.29 is 4.79 Å². The Morgan fingerprint density at radius 2 is 2.00 bits per heavy atom. The van der Waals surface area contributed by atoms with Gasteiger partial charge in [0, 0.05) is 17.4 Å². The third-order valence-electron chi connectivity index (χ3n) is 2.31. The number of rotatable bonds is 4. The third-order valence-corrected chi connectivity index (χ3v) is 2.31. The third kappa shape index (κ3) is 3.16. The van der Waals surface area contributed by atoms with E-state index < -0.39 is 0 Å². The van der Waals surface area contributed by atoms with Crippen molar-refractivity contribution in [1.82, 2.24) is 5.32 Å². The molecule has 1 fully saturated rings. The highest BCUT2D eigenvalue weighted by Gasteiger charge is 2.22. The average Bonchev–Trinajstić information content (AvgIpc) is 3.01. The van der Waals surface area contributed by atoms with Gasteiger partial charge in [0.1, 0.15) is 0 Å². The molecule has 15 heavy (non-hydrogen) atoms. The van der Waals surface area contributed by atoms with Gasteiger partial charge < -0.3 is 16.4 Å². The summed E-state index contributed by atoms with van der Waals surface area (Å²) in [6, 6.07) is 7.76. The molecule has 4 nitrogen and oxygen atoms in total. The van der Waals surface area contributed by atoms with E-state index in [1.54, 1.807) is 12.1 Å². The van der Waals surface area contributed by atoms with Crippen LogP contribution in [0.25, 0.3) is 0 Å². The quantitative estimate of drug-likeness (QED) is 0.641. The first kappa shape index (κ1) is 9.83. The van der Waals surface area contributed by atoms with Gasteiger partial charge in [-0.2, -0.15) is 0 Å². The van der Waals surface area contributed by atoms with E-state index in [0.29, 0.717) is 12.6 Å². The summed E-state index contributed by atoms with van der Waals surface area (Å²) in [5, 5.41) is 5.95. The second kappa shape index (κ2) is 4.21. The van der Waals surface area contributed by atoms with E-state index in [4.69, 9.17) is 5.73 Å². The smallest absolute Gasteiger partial charge is 0.239 e. The molecular weight excluding hydrogens is 190 g/mol. The predicted octanol–water partition coefficient (Wildman–Crippen LogP) is 0.959. The van der Waals surface area contributed by atoms with E-state index in [1.165, 1.54) is 0 Å². The highest BCUT2D eigenvalue weighted by molar-refractivity contribution is 5.81. The van der Waals surface area contributed by atoms with Gasteiger partial charge in [0.2, 0.25) is 5.91 Å². The van der Waals surface area contributed by atoms with Crippen LogP contribution in [0.5, 0.6) is 0 Å². The van der Waals surface area contributed by atoms with Crippen molar-refractivity contribution in [3.05, 3.63) is 24.3 Å². The standard InChI is InChI=1S/C11H15N3O/c12-8-1-3-9(4-2-8)13-7-11(15)14-10-5-6-10/h1-4,10,13H,5-7,12H2,(H,14,15). The van der Waals surface area contributed by atoms with E-state index >= 15 is 0 Å². The van der Waals surface area contributed by atoms with Crippen LogP contribution in [-0.4, -0.2) is 18.5 Å².